The monoisotopic (exact) mass is 504 g/mol. The molecule has 1 fully saturated rings. The summed E-state index contributed by atoms with van der Waals surface area (Å²) in [5, 5.41) is 0. The highest BCUT2D eigenvalue weighted by Crippen LogP contribution is 2.39. The zero-order chi connectivity index (χ0) is 24.6. The molecule has 1 aliphatic heterocycles. The van der Waals surface area contributed by atoms with Gasteiger partial charge in [0.05, 0.1) is 29.0 Å². The zero-order valence-electron chi connectivity index (χ0n) is 19.1. The third-order valence-electron chi connectivity index (χ3n) is 7.10. The summed E-state index contributed by atoms with van der Waals surface area (Å²) in [6.45, 7) is 0.978. The number of H-pyrrole nitrogens is 1. The highest BCUT2D eigenvalue weighted by Gasteiger charge is 2.39. The first-order chi connectivity index (χ1) is 16.7. The van der Waals surface area contributed by atoms with Crippen LogP contribution in [-0.4, -0.2) is 35.3 Å². The molecular weight excluding hydrogens is 477 g/mol. The highest BCUT2D eigenvalue weighted by atomic mass is 32.2. The van der Waals surface area contributed by atoms with Gasteiger partial charge in [0.15, 0.2) is 0 Å². The van der Waals surface area contributed by atoms with Crippen molar-refractivity contribution in [2.45, 2.75) is 55.9 Å². The maximum atomic E-state index is 13.7. The van der Waals surface area contributed by atoms with Crippen LogP contribution >= 0.6 is 0 Å². The van der Waals surface area contributed by atoms with Crippen LogP contribution in [0, 0.1) is 5.92 Å². The van der Waals surface area contributed by atoms with Gasteiger partial charge in [-0.25, -0.2) is 13.4 Å². The summed E-state index contributed by atoms with van der Waals surface area (Å²) in [6.07, 6.45) is 3.12. The van der Waals surface area contributed by atoms with E-state index in [0.717, 1.165) is 66.9 Å². The summed E-state index contributed by atoms with van der Waals surface area (Å²) in [6, 6.07) is 11.5. The smallest absolute Gasteiger partial charge is 0.361 e. The van der Waals surface area contributed by atoms with Crippen LogP contribution in [0.2, 0.25) is 0 Å². The molecule has 1 N–H and O–H groups in total. The number of rotatable bonds is 5. The molecule has 5 rings (SSSR count). The number of nitrogens with zero attached hydrogens (tertiary/aromatic N) is 3. The molecule has 35 heavy (non-hydrogen) atoms. The van der Waals surface area contributed by atoms with Crippen molar-refractivity contribution in [2.24, 2.45) is 5.92 Å². The molecule has 0 unspecified atom stereocenters. The number of fused-ring (bicyclic) bond motifs is 1. The predicted molar refractivity (Wildman–Crippen MR) is 126 cm³/mol. The number of aromatic nitrogens is 2. The summed E-state index contributed by atoms with van der Waals surface area (Å²) in [7, 11) is -4.02. The van der Waals surface area contributed by atoms with Crippen molar-refractivity contribution in [3.63, 3.8) is 0 Å². The summed E-state index contributed by atoms with van der Waals surface area (Å²) in [5.41, 5.74) is 1.90. The largest absolute Gasteiger partial charge is 0.416 e. The molecular formula is C25H27F3N4O2S. The van der Waals surface area contributed by atoms with Gasteiger partial charge in [0.2, 0.25) is 10.0 Å². The van der Waals surface area contributed by atoms with Gasteiger partial charge in [-0.2, -0.15) is 17.5 Å². The Morgan fingerprint density at radius 2 is 1.74 bits per heavy atom. The van der Waals surface area contributed by atoms with Gasteiger partial charge in [0.25, 0.3) is 0 Å². The van der Waals surface area contributed by atoms with E-state index in [2.05, 4.69) is 14.9 Å². The van der Waals surface area contributed by atoms with Crippen LogP contribution < -0.4 is 4.90 Å². The third kappa shape index (κ3) is 4.81. The van der Waals surface area contributed by atoms with E-state index < -0.39 is 21.8 Å². The molecule has 6 nitrogen and oxygen atoms in total. The van der Waals surface area contributed by atoms with Crippen molar-refractivity contribution in [3.05, 3.63) is 77.9 Å². The molecule has 0 saturated heterocycles. The lowest BCUT2D eigenvalue weighted by atomic mass is 9.95. The topological polar surface area (TPSA) is 69.3 Å². The molecule has 10 heteroatoms. The van der Waals surface area contributed by atoms with Gasteiger partial charge < -0.3 is 9.88 Å². The molecule has 1 atom stereocenters. The average Bonchev–Trinajstić information content (AvgIpc) is 3.52. The first-order valence-electron chi connectivity index (χ1n) is 11.7. The van der Waals surface area contributed by atoms with Crippen molar-refractivity contribution in [1.82, 2.24) is 14.3 Å². The number of aromatic amines is 1. The van der Waals surface area contributed by atoms with Crippen LogP contribution in [0.1, 0.15) is 42.5 Å². The number of imidazole rings is 1. The summed E-state index contributed by atoms with van der Waals surface area (Å²) >= 11 is 0. The molecule has 1 aliphatic carbocycles. The first-order valence-corrected chi connectivity index (χ1v) is 13.2. The maximum Gasteiger partial charge on any atom is 0.416 e. The van der Waals surface area contributed by atoms with E-state index in [1.54, 1.807) is 12.5 Å². The molecule has 3 aromatic rings. The van der Waals surface area contributed by atoms with E-state index in [1.165, 1.54) is 4.31 Å². The quantitative estimate of drug-likeness (QED) is 0.519. The van der Waals surface area contributed by atoms with Crippen molar-refractivity contribution < 1.29 is 21.6 Å². The van der Waals surface area contributed by atoms with Crippen molar-refractivity contribution >= 4 is 15.7 Å². The number of alkyl halides is 3. The van der Waals surface area contributed by atoms with E-state index in [0.29, 0.717) is 12.5 Å². The van der Waals surface area contributed by atoms with Crippen LogP contribution in [0.5, 0.6) is 0 Å². The van der Waals surface area contributed by atoms with E-state index in [1.807, 2.05) is 24.3 Å². The molecule has 0 radical (unpaired) electrons. The van der Waals surface area contributed by atoms with Gasteiger partial charge in [-0.3, -0.25) is 0 Å². The van der Waals surface area contributed by atoms with Crippen molar-refractivity contribution in [2.75, 3.05) is 11.4 Å². The lowest BCUT2D eigenvalue weighted by Gasteiger charge is -2.37. The van der Waals surface area contributed by atoms with Crippen LogP contribution in [-0.2, 0) is 29.3 Å². The minimum Gasteiger partial charge on any atom is -0.361 e. The van der Waals surface area contributed by atoms with Crippen LogP contribution in [0.15, 0.2) is 66.0 Å². The minimum atomic E-state index is -4.52. The Morgan fingerprint density at radius 3 is 2.40 bits per heavy atom. The van der Waals surface area contributed by atoms with Gasteiger partial charge in [-0.1, -0.05) is 31.0 Å². The van der Waals surface area contributed by atoms with Gasteiger partial charge in [0.1, 0.15) is 0 Å². The second-order valence-electron chi connectivity index (χ2n) is 9.27. The summed E-state index contributed by atoms with van der Waals surface area (Å²) in [4.78, 5) is 9.44. The molecule has 1 aromatic heterocycles. The number of halogens is 3. The molecule has 0 bridgehead atoms. The minimum absolute atomic E-state index is 0.0753. The first kappa shape index (κ1) is 23.9. The number of hydrogen-bond donors (Lipinski definition) is 1. The Kier molecular flexibility index (Phi) is 6.35. The molecule has 1 saturated carbocycles. The normalized spacial score (nSPS) is 20.1. The standard InChI is InChI=1S/C25H27F3N4O2S/c26-25(27,28)20-9-11-22(12-10-20)35(33,34)31-14-19-7-3-4-8-23(19)32(15-21-13-29-17-30-21)24(16-31)18-5-1-2-6-18/h3-4,7-13,17-18,24H,1-2,5-6,14-16H2,(H,29,30)/t24-/m1/s1. The number of anilines is 1. The number of benzene rings is 2. The Morgan fingerprint density at radius 1 is 1.03 bits per heavy atom. The second kappa shape index (κ2) is 9.31. The highest BCUT2D eigenvalue weighted by molar-refractivity contribution is 7.89. The lowest BCUT2D eigenvalue weighted by Crippen LogP contribution is -2.47. The molecule has 2 heterocycles. The van der Waals surface area contributed by atoms with E-state index in [9.17, 15) is 21.6 Å². The Bertz CT molecular complexity index is 1250. The fraction of sp³-hybridized carbons (Fsp3) is 0.400. The SMILES string of the molecule is O=S(=O)(c1ccc(C(F)(F)F)cc1)N1Cc2ccccc2N(Cc2cnc[nH]2)[C@@H](C2CCCC2)C1. The van der Waals surface area contributed by atoms with Crippen LogP contribution in [0.25, 0.3) is 0 Å². The van der Waals surface area contributed by atoms with Crippen LogP contribution in [0.4, 0.5) is 18.9 Å². The molecule has 0 spiro atoms. The molecule has 2 aromatic carbocycles. The zero-order valence-corrected chi connectivity index (χ0v) is 19.9. The summed E-state index contributed by atoms with van der Waals surface area (Å²) < 4.78 is 68.0. The summed E-state index contributed by atoms with van der Waals surface area (Å²) in [5.74, 6) is 0.314. The van der Waals surface area contributed by atoms with E-state index >= 15 is 0 Å². The Balaban J connectivity index is 1.54. The fourth-order valence-electron chi connectivity index (χ4n) is 5.32. The van der Waals surface area contributed by atoms with Gasteiger partial charge in [-0.05, 0) is 54.7 Å². The Hall–Kier alpha value is -2.85. The molecule has 2 aliphatic rings. The Labute approximate surface area is 202 Å². The maximum absolute atomic E-state index is 13.7. The average molecular weight is 505 g/mol. The van der Waals surface area contributed by atoms with Crippen LogP contribution in [0.3, 0.4) is 0 Å². The van der Waals surface area contributed by atoms with E-state index in [4.69, 9.17) is 0 Å². The second-order valence-corrected chi connectivity index (χ2v) is 11.2. The fourth-order valence-corrected chi connectivity index (χ4v) is 6.75. The molecule has 0 amide bonds. The van der Waals surface area contributed by atoms with Crippen molar-refractivity contribution in [3.8, 4) is 0 Å². The van der Waals surface area contributed by atoms with Gasteiger partial charge in [-0.15, -0.1) is 0 Å². The van der Waals surface area contributed by atoms with Gasteiger partial charge >= 0.3 is 6.18 Å². The number of para-hydroxylation sites is 1. The number of sulfonamides is 1. The van der Waals surface area contributed by atoms with Gasteiger partial charge in [0, 0.05) is 31.0 Å². The number of nitrogens with one attached hydrogen (secondary N) is 1. The van der Waals surface area contributed by atoms with Crippen molar-refractivity contribution in [1.29, 1.82) is 0 Å². The number of hydrogen-bond acceptors (Lipinski definition) is 4. The van der Waals surface area contributed by atoms with E-state index in [-0.39, 0.29) is 24.0 Å². The lowest BCUT2D eigenvalue weighted by molar-refractivity contribution is -0.137. The third-order valence-corrected chi connectivity index (χ3v) is 8.92. The predicted octanol–water partition coefficient (Wildman–Crippen LogP) is 5.20. The molecule has 186 valence electrons.